The number of benzene rings is 2. The van der Waals surface area contributed by atoms with E-state index in [2.05, 4.69) is 15.5 Å². The summed E-state index contributed by atoms with van der Waals surface area (Å²) in [6.45, 7) is 1.98. The maximum atomic E-state index is 12.5. The van der Waals surface area contributed by atoms with E-state index in [0.29, 0.717) is 12.3 Å². The summed E-state index contributed by atoms with van der Waals surface area (Å²) in [5, 5.41) is 9.94. The molecular formula is C18H14F3N3O2. The van der Waals surface area contributed by atoms with Crippen LogP contribution in [0.2, 0.25) is 0 Å². The molecule has 0 spiro atoms. The summed E-state index contributed by atoms with van der Waals surface area (Å²) < 4.78 is 43.0. The van der Waals surface area contributed by atoms with Gasteiger partial charge in [0.25, 0.3) is 5.91 Å². The van der Waals surface area contributed by atoms with Crippen molar-refractivity contribution in [3.63, 3.8) is 0 Å². The summed E-state index contributed by atoms with van der Waals surface area (Å²) in [6.07, 6.45) is -4.05. The molecule has 0 unspecified atom stereocenters. The quantitative estimate of drug-likeness (QED) is 0.755. The van der Waals surface area contributed by atoms with Gasteiger partial charge in [-0.15, -0.1) is 5.10 Å². The Bertz CT molecular complexity index is 901. The Kier molecular flexibility index (Phi) is 4.75. The smallest absolute Gasteiger partial charge is 0.407 e. The van der Waals surface area contributed by atoms with E-state index in [0.717, 1.165) is 35.4 Å². The van der Waals surface area contributed by atoms with Crippen molar-refractivity contribution in [3.8, 4) is 0 Å². The average Bonchev–Trinajstić information content (AvgIpc) is 3.03. The number of aromatic nitrogens is 2. The Morgan fingerprint density at radius 3 is 2.31 bits per heavy atom. The number of hydrogen-bond acceptors (Lipinski definition) is 4. The molecule has 0 fully saturated rings. The molecule has 1 aromatic heterocycles. The second-order valence-corrected chi connectivity index (χ2v) is 5.69. The molecule has 0 atom stereocenters. The predicted octanol–water partition coefficient (Wildman–Crippen LogP) is 4.24. The molecular weight excluding hydrogens is 347 g/mol. The number of aryl methyl sites for hydroxylation is 1. The van der Waals surface area contributed by atoms with Gasteiger partial charge < -0.3 is 4.42 Å². The molecule has 0 saturated carbocycles. The van der Waals surface area contributed by atoms with Gasteiger partial charge >= 0.3 is 12.2 Å². The van der Waals surface area contributed by atoms with Crippen LogP contribution >= 0.6 is 0 Å². The molecule has 0 aliphatic carbocycles. The van der Waals surface area contributed by atoms with Crippen LogP contribution in [0.1, 0.15) is 32.9 Å². The highest BCUT2D eigenvalue weighted by Gasteiger charge is 2.30. The fourth-order valence-corrected chi connectivity index (χ4v) is 2.24. The number of amides is 1. The Balaban J connectivity index is 1.65. The van der Waals surface area contributed by atoms with Gasteiger partial charge in [0.1, 0.15) is 0 Å². The molecule has 1 heterocycles. The largest absolute Gasteiger partial charge is 0.416 e. The van der Waals surface area contributed by atoms with Crippen LogP contribution in [0.3, 0.4) is 0 Å². The summed E-state index contributed by atoms with van der Waals surface area (Å²) in [6, 6.07) is 11.5. The molecule has 0 radical (unpaired) electrons. The first-order valence-corrected chi connectivity index (χ1v) is 7.68. The maximum Gasteiger partial charge on any atom is 0.416 e. The molecule has 3 rings (SSSR count). The van der Waals surface area contributed by atoms with E-state index in [1.54, 1.807) is 0 Å². The zero-order valence-corrected chi connectivity index (χ0v) is 13.7. The monoisotopic (exact) mass is 361 g/mol. The number of hydrogen-bond donors (Lipinski definition) is 1. The van der Waals surface area contributed by atoms with Gasteiger partial charge in [0.2, 0.25) is 5.89 Å². The number of nitrogens with zero attached hydrogens (tertiary/aromatic N) is 2. The molecule has 1 amide bonds. The molecule has 3 aromatic rings. The molecule has 2 aromatic carbocycles. The van der Waals surface area contributed by atoms with Gasteiger partial charge in [-0.05, 0) is 36.8 Å². The van der Waals surface area contributed by atoms with Crippen molar-refractivity contribution in [3.05, 3.63) is 76.7 Å². The number of nitrogens with one attached hydrogen (secondary N) is 1. The minimum atomic E-state index is -4.45. The van der Waals surface area contributed by atoms with Crippen molar-refractivity contribution in [2.45, 2.75) is 19.5 Å². The van der Waals surface area contributed by atoms with Gasteiger partial charge in [-0.1, -0.05) is 34.9 Å². The predicted molar refractivity (Wildman–Crippen MR) is 87.7 cm³/mol. The molecule has 0 aliphatic rings. The second kappa shape index (κ2) is 6.99. The van der Waals surface area contributed by atoms with Crippen molar-refractivity contribution in [1.29, 1.82) is 0 Å². The third kappa shape index (κ3) is 4.27. The number of carbonyl (C=O) groups is 1. The Labute approximate surface area is 146 Å². The van der Waals surface area contributed by atoms with Crippen LogP contribution in [-0.4, -0.2) is 16.1 Å². The first-order chi connectivity index (χ1) is 12.3. The third-order valence-corrected chi connectivity index (χ3v) is 3.64. The zero-order chi connectivity index (χ0) is 18.7. The standard InChI is InChI=1S/C18H14F3N3O2/c1-11-2-4-12(5-3-11)10-15-23-24-17(26-15)22-16(25)13-6-8-14(9-7-13)18(19,20)21/h2-9H,10H2,1H3,(H,22,24,25). The van der Waals surface area contributed by atoms with Crippen molar-refractivity contribution < 1.29 is 22.4 Å². The lowest BCUT2D eigenvalue weighted by Gasteiger charge is -2.07. The highest BCUT2D eigenvalue weighted by atomic mass is 19.4. The Morgan fingerprint density at radius 2 is 1.69 bits per heavy atom. The van der Waals surface area contributed by atoms with E-state index < -0.39 is 17.6 Å². The van der Waals surface area contributed by atoms with Gasteiger partial charge in [-0.2, -0.15) is 13.2 Å². The van der Waals surface area contributed by atoms with Crippen molar-refractivity contribution >= 4 is 11.9 Å². The molecule has 0 bridgehead atoms. The summed E-state index contributed by atoms with van der Waals surface area (Å²) in [5.41, 5.74) is 1.33. The SMILES string of the molecule is Cc1ccc(Cc2nnc(NC(=O)c3ccc(C(F)(F)F)cc3)o2)cc1. The first-order valence-electron chi connectivity index (χ1n) is 7.68. The van der Waals surface area contributed by atoms with E-state index >= 15 is 0 Å². The van der Waals surface area contributed by atoms with Crippen LogP contribution in [0.5, 0.6) is 0 Å². The number of anilines is 1. The normalized spacial score (nSPS) is 11.4. The van der Waals surface area contributed by atoms with Gasteiger partial charge in [0, 0.05) is 5.56 Å². The zero-order valence-electron chi connectivity index (χ0n) is 13.7. The Hall–Kier alpha value is -3.16. The van der Waals surface area contributed by atoms with E-state index in [1.807, 2.05) is 31.2 Å². The second-order valence-electron chi connectivity index (χ2n) is 5.69. The highest BCUT2D eigenvalue weighted by molar-refractivity contribution is 6.03. The van der Waals surface area contributed by atoms with Crippen LogP contribution in [0.15, 0.2) is 52.9 Å². The summed E-state index contributed by atoms with van der Waals surface area (Å²) in [4.78, 5) is 12.1. The lowest BCUT2D eigenvalue weighted by Crippen LogP contribution is -2.13. The van der Waals surface area contributed by atoms with Crippen LogP contribution < -0.4 is 5.32 Å². The highest BCUT2D eigenvalue weighted by Crippen LogP contribution is 2.29. The summed E-state index contributed by atoms with van der Waals surface area (Å²) in [5.74, 6) is -0.319. The molecule has 5 nitrogen and oxygen atoms in total. The number of alkyl halides is 3. The van der Waals surface area contributed by atoms with Gasteiger partial charge in [0.15, 0.2) is 0 Å². The lowest BCUT2D eigenvalue weighted by atomic mass is 10.1. The number of halogens is 3. The molecule has 26 heavy (non-hydrogen) atoms. The van der Waals surface area contributed by atoms with E-state index in [1.165, 1.54) is 0 Å². The molecule has 134 valence electrons. The van der Waals surface area contributed by atoms with Crippen LogP contribution in [0.4, 0.5) is 19.2 Å². The molecule has 0 aliphatic heterocycles. The summed E-state index contributed by atoms with van der Waals surface area (Å²) in [7, 11) is 0. The topological polar surface area (TPSA) is 68.0 Å². The van der Waals surface area contributed by atoms with E-state index in [4.69, 9.17) is 4.42 Å². The van der Waals surface area contributed by atoms with Gasteiger partial charge in [0.05, 0.1) is 12.0 Å². The number of carbonyl (C=O) groups excluding carboxylic acids is 1. The van der Waals surface area contributed by atoms with Crippen molar-refractivity contribution in [2.24, 2.45) is 0 Å². The van der Waals surface area contributed by atoms with E-state index in [9.17, 15) is 18.0 Å². The first kappa shape index (κ1) is 17.7. The van der Waals surface area contributed by atoms with E-state index in [-0.39, 0.29) is 11.6 Å². The fourth-order valence-electron chi connectivity index (χ4n) is 2.24. The lowest BCUT2D eigenvalue weighted by molar-refractivity contribution is -0.137. The van der Waals surface area contributed by atoms with Crippen molar-refractivity contribution in [2.75, 3.05) is 5.32 Å². The molecule has 0 saturated heterocycles. The molecule has 1 N–H and O–H groups in total. The maximum absolute atomic E-state index is 12.5. The van der Waals surface area contributed by atoms with Crippen LogP contribution in [0.25, 0.3) is 0 Å². The molecule has 8 heteroatoms. The summed E-state index contributed by atoms with van der Waals surface area (Å²) >= 11 is 0. The third-order valence-electron chi connectivity index (χ3n) is 3.64. The average molecular weight is 361 g/mol. The van der Waals surface area contributed by atoms with Gasteiger partial charge in [-0.25, -0.2) is 0 Å². The fraction of sp³-hybridized carbons (Fsp3) is 0.167. The van der Waals surface area contributed by atoms with Gasteiger partial charge in [-0.3, -0.25) is 10.1 Å². The van der Waals surface area contributed by atoms with Crippen LogP contribution in [-0.2, 0) is 12.6 Å². The number of rotatable bonds is 4. The van der Waals surface area contributed by atoms with Crippen molar-refractivity contribution in [1.82, 2.24) is 10.2 Å². The minimum absolute atomic E-state index is 0.0521. The minimum Gasteiger partial charge on any atom is -0.407 e. The van der Waals surface area contributed by atoms with Crippen LogP contribution in [0, 0.1) is 6.92 Å². The Morgan fingerprint density at radius 1 is 1.04 bits per heavy atom.